The lowest BCUT2D eigenvalue weighted by Gasteiger charge is -2.42. The summed E-state index contributed by atoms with van der Waals surface area (Å²) in [4.78, 5) is 66.5. The van der Waals surface area contributed by atoms with E-state index in [9.17, 15) is 33.9 Å². The van der Waals surface area contributed by atoms with Gasteiger partial charge in [0.05, 0.1) is 73.7 Å². The van der Waals surface area contributed by atoms with Crippen LogP contribution in [0.1, 0.15) is 274 Å². The van der Waals surface area contributed by atoms with Crippen LogP contribution in [-0.2, 0) is 80.9 Å². The number of carbonyl (C=O) groups excluding carboxylic acids is 2. The maximum absolute atomic E-state index is 12.6. The summed E-state index contributed by atoms with van der Waals surface area (Å²) in [6.45, 7) is 21.3. The number of methoxy groups -OCH3 is 3. The quantitative estimate of drug-likeness (QED) is 0.0164. The first-order valence-corrected chi connectivity index (χ1v) is 37.9. The second kappa shape index (κ2) is 39.7. The van der Waals surface area contributed by atoms with Crippen molar-refractivity contribution in [2.45, 2.75) is 363 Å². The van der Waals surface area contributed by atoms with Crippen LogP contribution in [0.15, 0.2) is 34.9 Å². The summed E-state index contributed by atoms with van der Waals surface area (Å²) in [7, 11) is 5.07. The molecular weight excluding hydrogens is 1290 g/mol. The van der Waals surface area contributed by atoms with Crippen molar-refractivity contribution in [1.29, 1.82) is 0 Å². The normalized spacial score (nSPS) is 34.3. The highest BCUT2D eigenvalue weighted by molar-refractivity contribution is 5.70. The third-order valence-electron chi connectivity index (χ3n) is 22.4. The van der Waals surface area contributed by atoms with E-state index in [4.69, 9.17) is 72.5 Å². The first-order chi connectivity index (χ1) is 47.5. The van der Waals surface area contributed by atoms with Gasteiger partial charge in [0.1, 0.15) is 52.4 Å². The molecule has 572 valence electrons. The van der Waals surface area contributed by atoms with Gasteiger partial charge >= 0.3 is 35.8 Å². The molecule has 0 radical (unpaired) electrons. The van der Waals surface area contributed by atoms with E-state index >= 15 is 0 Å². The molecule has 22 heteroatoms. The molecule has 3 spiro atoms. The van der Waals surface area contributed by atoms with Gasteiger partial charge in [0.2, 0.25) is 0 Å². The standard InChI is InChI=1S/2C26H42O7.C16H26O4.C10H18O4/c2*1-18(2)13-14-20-25(3,33-20)24-23(30-4)19(15-16-26(24)17-31-26)32-22(29)12-10-8-6-5-7-9-11-21(27)28;1-10(2)5-6-12-15(3,20-12)14-13(18-4)11(17)7-8-16(14)9-19-16;11-9(12)7-5-3-1-2-4-6-8-10(13)14/h2*13,19-20,23-24H,5-12,14-17H2,1-4H3,(H,27,28);5,11-14,17H,6-9H2,1-4H3;1-8H2,(H,11,12)(H,13,14)/t2*19-,20-,23-,24-,25+,26+;11-,12-,13-,14-,15+,16+;/m111./s1. The van der Waals surface area contributed by atoms with Crippen LogP contribution in [0, 0.1) is 17.8 Å². The number of carbonyl (C=O) groups is 6. The summed E-state index contributed by atoms with van der Waals surface area (Å²) in [6, 6.07) is 0. The Morgan fingerprint density at radius 1 is 0.380 bits per heavy atom. The molecule has 0 aromatic heterocycles. The number of aliphatic carboxylic acids is 4. The average molecular weight is 1420 g/mol. The SMILES string of the molecule is CO[C@@H]1[C@H](O)CC[C@]2(CO2)[C@H]1[C@@]1(C)O[C@@H]1CC=C(C)C.CO[C@@H]1[C@H](OC(=O)CCCCCCCCC(=O)O)CC[C@]2(CO2)[C@H]1[C@@]1(C)O[C@@H]1CC=C(C)C.CO[C@@H]1[C@H](OC(=O)CCCCCCCCC(=O)O)CC[C@]2(CO2)[C@H]1[C@@]1(C)O[C@@H]1CC=C(C)C.O=C(O)CCCCCCCCC(=O)O. The van der Waals surface area contributed by atoms with E-state index in [1.54, 1.807) is 21.3 Å². The number of rotatable bonds is 41. The summed E-state index contributed by atoms with van der Waals surface area (Å²) in [5.74, 6) is -3.06. The predicted molar refractivity (Wildman–Crippen MR) is 376 cm³/mol. The number of allylic oxidation sites excluding steroid dienone is 3. The van der Waals surface area contributed by atoms with Crippen LogP contribution in [-0.4, -0.2) is 191 Å². The Balaban J connectivity index is 0.000000221. The molecule has 22 nitrogen and oxygen atoms in total. The van der Waals surface area contributed by atoms with Crippen LogP contribution in [0.4, 0.5) is 0 Å². The molecule has 0 amide bonds. The van der Waals surface area contributed by atoms with Gasteiger partial charge in [-0.1, -0.05) is 112 Å². The predicted octanol–water partition coefficient (Wildman–Crippen LogP) is 14.0. The van der Waals surface area contributed by atoms with Crippen molar-refractivity contribution in [2.75, 3.05) is 41.2 Å². The lowest BCUT2D eigenvalue weighted by molar-refractivity contribution is -0.172. The van der Waals surface area contributed by atoms with Crippen LogP contribution < -0.4 is 0 Å². The van der Waals surface area contributed by atoms with E-state index in [0.717, 1.165) is 193 Å². The minimum absolute atomic E-state index is 0.0444. The van der Waals surface area contributed by atoms with Gasteiger partial charge in [-0.25, -0.2) is 0 Å². The first-order valence-electron chi connectivity index (χ1n) is 37.9. The molecule has 6 aliphatic heterocycles. The zero-order valence-electron chi connectivity index (χ0n) is 62.8. The zero-order chi connectivity index (χ0) is 73.5. The zero-order valence-corrected chi connectivity index (χ0v) is 62.8. The van der Waals surface area contributed by atoms with E-state index < -0.39 is 30.0 Å². The fraction of sp³-hybridized carbons (Fsp3) is 0.846. The van der Waals surface area contributed by atoms with Crippen molar-refractivity contribution < 1.29 is 106 Å². The minimum Gasteiger partial charge on any atom is -0.481 e. The molecule has 0 bridgehead atoms. The lowest BCUT2D eigenvalue weighted by Crippen LogP contribution is -2.55. The van der Waals surface area contributed by atoms with Crippen molar-refractivity contribution in [2.24, 2.45) is 17.8 Å². The molecule has 0 aromatic rings. The van der Waals surface area contributed by atoms with Crippen molar-refractivity contribution in [3.8, 4) is 0 Å². The summed E-state index contributed by atoms with van der Waals surface area (Å²) in [5, 5.41) is 44.3. The van der Waals surface area contributed by atoms with Gasteiger partial charge in [-0.3, -0.25) is 28.8 Å². The van der Waals surface area contributed by atoms with Gasteiger partial charge in [0, 0.05) is 59.9 Å². The average Bonchev–Trinajstić information content (AvgIpc) is 1.55. The number of carboxylic acids is 4. The molecule has 9 fully saturated rings. The molecule has 100 heavy (non-hydrogen) atoms. The molecule has 3 aliphatic carbocycles. The first kappa shape index (κ1) is 84.6. The van der Waals surface area contributed by atoms with E-state index in [0.29, 0.717) is 12.8 Å². The summed E-state index contributed by atoms with van der Waals surface area (Å²) >= 11 is 0. The van der Waals surface area contributed by atoms with Crippen LogP contribution in [0.25, 0.3) is 0 Å². The highest BCUT2D eigenvalue weighted by Crippen LogP contribution is 2.62. The third kappa shape index (κ3) is 25.5. The maximum Gasteiger partial charge on any atom is 0.306 e. The Morgan fingerprint density at radius 3 is 0.860 bits per heavy atom. The van der Waals surface area contributed by atoms with Gasteiger partial charge in [0.15, 0.2) is 0 Å². The van der Waals surface area contributed by atoms with Gasteiger partial charge in [-0.15, -0.1) is 0 Å². The van der Waals surface area contributed by atoms with Crippen molar-refractivity contribution in [1.82, 2.24) is 0 Å². The lowest BCUT2D eigenvalue weighted by atomic mass is 9.68. The Labute approximate surface area is 596 Å². The highest BCUT2D eigenvalue weighted by Gasteiger charge is 2.75. The fourth-order valence-electron chi connectivity index (χ4n) is 16.3. The van der Waals surface area contributed by atoms with Crippen molar-refractivity contribution >= 4 is 35.8 Å². The molecule has 9 aliphatic rings. The number of epoxide rings is 6. The van der Waals surface area contributed by atoms with Crippen LogP contribution in [0.5, 0.6) is 0 Å². The maximum atomic E-state index is 12.6. The fourth-order valence-corrected chi connectivity index (χ4v) is 16.3. The van der Waals surface area contributed by atoms with Crippen LogP contribution in [0.3, 0.4) is 0 Å². The molecule has 6 saturated heterocycles. The minimum atomic E-state index is -0.740. The van der Waals surface area contributed by atoms with Gasteiger partial charge in [-0.2, -0.15) is 0 Å². The van der Waals surface area contributed by atoms with Crippen molar-refractivity contribution in [3.63, 3.8) is 0 Å². The molecule has 6 heterocycles. The third-order valence-corrected chi connectivity index (χ3v) is 22.4. The Kier molecular flexibility index (Phi) is 33.5. The van der Waals surface area contributed by atoms with Crippen molar-refractivity contribution in [3.05, 3.63) is 34.9 Å². The monoisotopic (exact) mass is 1420 g/mol. The van der Waals surface area contributed by atoms with Gasteiger partial charge < -0.3 is 77.6 Å². The number of hydrogen-bond acceptors (Lipinski definition) is 18. The number of esters is 2. The summed E-state index contributed by atoms with van der Waals surface area (Å²) in [5.41, 5.74) is 2.46. The van der Waals surface area contributed by atoms with E-state index in [1.807, 2.05) is 0 Å². The van der Waals surface area contributed by atoms with E-state index in [1.165, 1.54) is 16.7 Å². The van der Waals surface area contributed by atoms with Crippen LogP contribution in [0.2, 0.25) is 0 Å². The molecule has 18 atom stereocenters. The second-order valence-corrected chi connectivity index (χ2v) is 31.2. The Hall–Kier alpha value is -4.36. The largest absolute Gasteiger partial charge is 0.481 e. The molecule has 0 unspecified atom stereocenters. The number of aliphatic hydroxyl groups excluding tert-OH is 1. The smallest absolute Gasteiger partial charge is 0.306 e. The number of ether oxygens (including phenoxy) is 11. The molecule has 3 saturated carbocycles. The number of carboxylic acid groups (broad SMARTS) is 4. The topological polar surface area (TPSA) is 325 Å². The highest BCUT2D eigenvalue weighted by atomic mass is 16.7. The van der Waals surface area contributed by atoms with Gasteiger partial charge in [-0.05, 0) is 159 Å². The molecular formula is C78H128O22. The number of hydrogen-bond donors (Lipinski definition) is 5. The Bertz CT molecular complexity index is 2540. The van der Waals surface area contributed by atoms with Crippen LogP contribution >= 0.6 is 0 Å². The molecule has 9 rings (SSSR count). The van der Waals surface area contributed by atoms with Gasteiger partial charge in [0.25, 0.3) is 0 Å². The number of unbranched alkanes of at least 4 members (excludes halogenated alkanes) is 15. The van der Waals surface area contributed by atoms with E-state index in [2.05, 4.69) is 80.5 Å². The molecule has 0 aromatic carbocycles. The molecule has 5 N–H and O–H groups in total. The summed E-state index contributed by atoms with van der Waals surface area (Å²) in [6.07, 6.45) is 31.1. The summed E-state index contributed by atoms with van der Waals surface area (Å²) < 4.78 is 65.5. The second-order valence-electron chi connectivity index (χ2n) is 31.2. The Morgan fingerprint density at radius 2 is 0.620 bits per heavy atom. The van der Waals surface area contributed by atoms with E-state index in [-0.39, 0.29) is 138 Å². The number of aliphatic hydroxyl groups is 1.